The second-order valence-corrected chi connectivity index (χ2v) is 12.0. The molecule has 10 nitrogen and oxygen atoms in total. The number of nitrogens with zero attached hydrogens (tertiary/aromatic N) is 2. The van der Waals surface area contributed by atoms with Crippen molar-refractivity contribution < 1.29 is 26.9 Å². The van der Waals surface area contributed by atoms with Crippen LogP contribution in [-0.4, -0.2) is 57.6 Å². The number of anilines is 1. The maximum absolute atomic E-state index is 13.0. The number of hydrogen-bond donors (Lipinski definition) is 1. The molecule has 1 amide bonds. The van der Waals surface area contributed by atoms with E-state index in [4.69, 9.17) is 13.7 Å². The molecule has 0 saturated carbocycles. The third-order valence-electron chi connectivity index (χ3n) is 6.91. The summed E-state index contributed by atoms with van der Waals surface area (Å²) in [4.78, 5) is 25.8. The van der Waals surface area contributed by atoms with E-state index >= 15 is 0 Å². The molecule has 0 aliphatic carbocycles. The van der Waals surface area contributed by atoms with Gasteiger partial charge in [0.2, 0.25) is 15.9 Å². The molecule has 0 spiro atoms. The predicted octanol–water partition coefficient (Wildman–Crippen LogP) is 1.95. The number of fused-ring (bicyclic) bond motifs is 1. The van der Waals surface area contributed by atoms with Crippen LogP contribution in [0, 0.1) is 6.92 Å². The van der Waals surface area contributed by atoms with E-state index in [1.165, 1.54) is 37.0 Å². The number of rotatable bonds is 5. The van der Waals surface area contributed by atoms with E-state index in [0.717, 1.165) is 16.1 Å². The van der Waals surface area contributed by atoms with Crippen LogP contribution >= 0.6 is 0 Å². The fourth-order valence-corrected chi connectivity index (χ4v) is 4.52. The molecule has 192 valence electrons. The van der Waals surface area contributed by atoms with Crippen LogP contribution in [0.4, 0.5) is 5.69 Å². The molecule has 0 bridgehead atoms. The molecule has 1 aromatic carbocycles. The van der Waals surface area contributed by atoms with Gasteiger partial charge in [-0.2, -0.15) is 0 Å². The smallest absolute Gasteiger partial charge is 0.439 e. The minimum atomic E-state index is -3.68. The largest absolute Gasteiger partial charge is 0.497 e. The third-order valence-corrected chi connectivity index (χ3v) is 8.10. The van der Waals surface area contributed by atoms with E-state index in [-0.39, 0.29) is 28.3 Å². The lowest BCUT2D eigenvalue weighted by Crippen LogP contribution is -2.41. The topological polar surface area (TPSA) is 120 Å². The van der Waals surface area contributed by atoms with Gasteiger partial charge in [-0.05, 0) is 52.3 Å². The van der Waals surface area contributed by atoms with Crippen LogP contribution in [-0.2, 0) is 19.3 Å². The Morgan fingerprint density at radius 3 is 2.25 bits per heavy atom. The summed E-state index contributed by atoms with van der Waals surface area (Å²) >= 11 is 0. The Labute approximate surface area is 210 Å². The highest BCUT2D eigenvalue weighted by Gasteiger charge is 2.52. The van der Waals surface area contributed by atoms with Gasteiger partial charge in [0.25, 0.3) is 11.5 Å². The number of pyridine rings is 1. The van der Waals surface area contributed by atoms with E-state index in [1.807, 2.05) is 27.7 Å². The fourth-order valence-electron chi connectivity index (χ4n) is 4.01. The zero-order valence-electron chi connectivity index (χ0n) is 21.6. The number of aromatic nitrogens is 1. The van der Waals surface area contributed by atoms with Crippen LogP contribution in [0.25, 0.3) is 16.9 Å². The van der Waals surface area contributed by atoms with Crippen molar-refractivity contribution in [2.45, 2.75) is 45.8 Å². The van der Waals surface area contributed by atoms with Crippen molar-refractivity contribution in [3.05, 3.63) is 51.9 Å². The normalized spacial score (nSPS) is 16.9. The van der Waals surface area contributed by atoms with Crippen molar-refractivity contribution in [2.24, 2.45) is 0 Å². The van der Waals surface area contributed by atoms with Gasteiger partial charge in [-0.1, -0.05) is 0 Å². The van der Waals surface area contributed by atoms with Crippen molar-refractivity contribution in [3.63, 3.8) is 0 Å². The Balaban J connectivity index is 2.05. The van der Waals surface area contributed by atoms with Crippen LogP contribution in [0.5, 0.6) is 0 Å². The van der Waals surface area contributed by atoms with Crippen LogP contribution in [0.2, 0.25) is 0 Å². The number of sulfonamides is 1. The number of carbonyl (C=O) groups excluding carboxylic acids is 1. The van der Waals surface area contributed by atoms with Gasteiger partial charge >= 0.3 is 7.12 Å². The summed E-state index contributed by atoms with van der Waals surface area (Å²) < 4.78 is 45.9. The summed E-state index contributed by atoms with van der Waals surface area (Å²) in [5, 5.41) is 2.98. The fraction of sp³-hybridized carbons (Fsp3) is 0.417. The van der Waals surface area contributed by atoms with Crippen molar-refractivity contribution in [3.8, 4) is 5.88 Å². The summed E-state index contributed by atoms with van der Waals surface area (Å²) in [7, 11) is -1.70. The predicted molar refractivity (Wildman–Crippen MR) is 139 cm³/mol. The summed E-state index contributed by atoms with van der Waals surface area (Å²) in [6.45, 7) is 9.35. The van der Waals surface area contributed by atoms with Gasteiger partial charge in [-0.3, -0.25) is 18.5 Å². The van der Waals surface area contributed by atoms with Crippen LogP contribution in [0.15, 0.2) is 39.7 Å². The number of furan rings is 1. The number of amides is 1. The summed E-state index contributed by atoms with van der Waals surface area (Å²) in [5.41, 5.74) is 0.0350. The van der Waals surface area contributed by atoms with Gasteiger partial charge < -0.3 is 19.0 Å². The second kappa shape index (κ2) is 8.50. The van der Waals surface area contributed by atoms with E-state index in [2.05, 4.69) is 5.32 Å². The maximum Gasteiger partial charge on any atom is 0.497 e. The highest BCUT2D eigenvalue weighted by Crippen LogP contribution is 2.39. The molecule has 1 fully saturated rings. The van der Waals surface area contributed by atoms with Gasteiger partial charge in [-0.25, -0.2) is 8.42 Å². The average Bonchev–Trinajstić information content (AvgIpc) is 3.23. The molecule has 1 aliphatic rings. The summed E-state index contributed by atoms with van der Waals surface area (Å²) in [5.74, 6) is -0.450. The second-order valence-electron chi connectivity index (χ2n) is 10.00. The Kier molecular flexibility index (Phi) is 6.13. The molecule has 36 heavy (non-hydrogen) atoms. The molecular weight excluding hydrogens is 485 g/mol. The molecular formula is C24H30BN3O7S. The Morgan fingerprint density at radius 2 is 1.72 bits per heavy atom. The van der Waals surface area contributed by atoms with E-state index < -0.39 is 34.3 Å². The molecule has 0 unspecified atom stereocenters. The monoisotopic (exact) mass is 515 g/mol. The van der Waals surface area contributed by atoms with Gasteiger partial charge in [0.15, 0.2) is 0 Å². The van der Waals surface area contributed by atoms with Crippen LogP contribution in [0.1, 0.15) is 43.6 Å². The zero-order valence-corrected chi connectivity index (χ0v) is 22.4. The summed E-state index contributed by atoms with van der Waals surface area (Å²) in [6.07, 6.45) is 2.61. The van der Waals surface area contributed by atoms with Crippen molar-refractivity contribution in [2.75, 3.05) is 24.7 Å². The molecule has 1 N–H and O–H groups in total. The molecule has 1 saturated heterocycles. The first-order valence-electron chi connectivity index (χ1n) is 11.4. The SMILES string of the molecule is CNC(=O)c1c(-n2ccc(C)cc2=O)oc2cc(N(C)S(C)(=O)=O)c(B3OC(C)(C)C(C)(C)O3)cc12. The quantitative estimate of drug-likeness (QED) is 0.516. The number of hydrogen-bond acceptors (Lipinski definition) is 7. The number of benzene rings is 1. The molecule has 12 heteroatoms. The molecule has 2 aromatic heterocycles. The van der Waals surface area contributed by atoms with Crippen molar-refractivity contribution in [1.29, 1.82) is 0 Å². The first kappa shape index (κ1) is 26.0. The third kappa shape index (κ3) is 4.23. The Bertz CT molecular complexity index is 1520. The minimum absolute atomic E-state index is 0.0216. The van der Waals surface area contributed by atoms with Gasteiger partial charge in [0.05, 0.1) is 23.1 Å². The van der Waals surface area contributed by atoms with E-state index in [9.17, 15) is 18.0 Å². The zero-order chi connectivity index (χ0) is 26.8. The first-order valence-corrected chi connectivity index (χ1v) is 13.2. The maximum atomic E-state index is 13.0. The molecule has 0 atom stereocenters. The van der Waals surface area contributed by atoms with Crippen molar-refractivity contribution >= 4 is 45.2 Å². The highest BCUT2D eigenvalue weighted by molar-refractivity contribution is 7.92. The lowest BCUT2D eigenvalue weighted by atomic mass is 9.77. The number of carbonyl (C=O) groups is 1. The number of aryl methyl sites for hydroxylation is 1. The van der Waals surface area contributed by atoms with Gasteiger partial charge in [0, 0.05) is 43.3 Å². The number of nitrogens with one attached hydrogen (secondary N) is 1. The van der Waals surface area contributed by atoms with Crippen LogP contribution in [0.3, 0.4) is 0 Å². The molecule has 3 aromatic rings. The Morgan fingerprint density at radius 1 is 1.11 bits per heavy atom. The molecule has 0 radical (unpaired) electrons. The van der Waals surface area contributed by atoms with E-state index in [0.29, 0.717) is 10.8 Å². The van der Waals surface area contributed by atoms with E-state index in [1.54, 1.807) is 19.1 Å². The highest BCUT2D eigenvalue weighted by atomic mass is 32.2. The molecule has 1 aliphatic heterocycles. The Hall–Kier alpha value is -3.09. The minimum Gasteiger partial charge on any atom is -0.439 e. The molecule has 4 rings (SSSR count). The van der Waals surface area contributed by atoms with Crippen LogP contribution < -0.4 is 20.6 Å². The lowest BCUT2D eigenvalue weighted by Gasteiger charge is -2.32. The van der Waals surface area contributed by atoms with Gasteiger partial charge in [0.1, 0.15) is 11.1 Å². The molecule has 3 heterocycles. The average molecular weight is 515 g/mol. The standard InChI is InChI=1S/C24H30BN3O7S/c1-14-9-10-28(19(29)11-14)22-20(21(30)26-6)15-12-16(25-34-23(2,3)24(4,5)35-25)17(13-18(15)33-22)27(7)36(8,31)32/h9-13H,1-8H3,(H,26,30). The van der Waals surface area contributed by atoms with Crippen molar-refractivity contribution in [1.82, 2.24) is 9.88 Å². The lowest BCUT2D eigenvalue weighted by molar-refractivity contribution is 0.00578. The van der Waals surface area contributed by atoms with Gasteiger partial charge in [-0.15, -0.1) is 0 Å². The summed E-state index contributed by atoms with van der Waals surface area (Å²) in [6, 6.07) is 6.30. The first-order chi connectivity index (χ1) is 16.6.